The van der Waals surface area contributed by atoms with Crippen LogP contribution in [0.1, 0.15) is 58.8 Å². The second kappa shape index (κ2) is 5.10. The normalized spacial score (nSPS) is 18.9. The Morgan fingerprint density at radius 1 is 1.04 bits per heavy atom. The van der Waals surface area contributed by atoms with E-state index in [2.05, 4.69) is 18.8 Å². The monoisotopic (exact) mass is 333 g/mol. The number of benzene rings is 2. The van der Waals surface area contributed by atoms with Crippen LogP contribution in [-0.2, 0) is 5.41 Å². The number of imide groups is 1. The molecule has 2 aliphatic heterocycles. The maximum atomic E-state index is 12.6. The highest BCUT2D eigenvalue weighted by molar-refractivity contribution is 6.21. The topological polar surface area (TPSA) is 75.8 Å². The highest BCUT2D eigenvalue weighted by atomic mass is 16.2. The number of carbonyl (C=O) groups excluding carboxylic acids is 2. The van der Waals surface area contributed by atoms with E-state index in [1.165, 1.54) is 0 Å². The molecular weight excluding hydrogens is 314 g/mol. The molecule has 0 radical (unpaired) electrons. The van der Waals surface area contributed by atoms with Gasteiger partial charge in [0.05, 0.1) is 16.8 Å². The highest BCUT2D eigenvalue weighted by Gasteiger charge is 2.40. The molecule has 0 spiro atoms. The van der Waals surface area contributed by atoms with Crippen molar-refractivity contribution in [2.45, 2.75) is 32.4 Å². The largest absolute Gasteiger partial charge is 0.307 e. The maximum absolute atomic E-state index is 12.6. The summed E-state index contributed by atoms with van der Waals surface area (Å²) in [7, 11) is 0. The Labute approximate surface area is 146 Å². The van der Waals surface area contributed by atoms with Gasteiger partial charge in [0.25, 0.3) is 11.8 Å². The minimum Gasteiger partial charge on any atom is -0.307 e. The van der Waals surface area contributed by atoms with E-state index in [9.17, 15) is 9.59 Å². The molecule has 0 saturated heterocycles. The van der Waals surface area contributed by atoms with Crippen LogP contribution in [0.4, 0.5) is 5.69 Å². The first-order valence-electron chi connectivity index (χ1n) is 8.25. The molecule has 0 fully saturated rings. The quantitative estimate of drug-likeness (QED) is 0.857. The Kier molecular flexibility index (Phi) is 3.21. The summed E-state index contributed by atoms with van der Waals surface area (Å²) in [5.41, 5.74) is 10.7. The zero-order valence-electron chi connectivity index (χ0n) is 14.4. The fourth-order valence-corrected chi connectivity index (χ4v) is 3.46. The molecule has 5 nitrogen and oxygen atoms in total. The van der Waals surface area contributed by atoms with Crippen molar-refractivity contribution < 1.29 is 9.59 Å². The number of nitrogens with two attached hydrogens (primary N) is 1. The number of hydrogen-bond donors (Lipinski definition) is 1. The Morgan fingerprint density at radius 3 is 2.24 bits per heavy atom. The van der Waals surface area contributed by atoms with E-state index in [0.717, 1.165) is 27.4 Å². The van der Waals surface area contributed by atoms with Crippen molar-refractivity contribution in [3.8, 4) is 0 Å². The third kappa shape index (κ3) is 2.09. The maximum Gasteiger partial charge on any atom is 0.263 e. The second-order valence-electron chi connectivity index (χ2n) is 7.07. The molecule has 0 saturated carbocycles. The van der Waals surface area contributed by atoms with E-state index >= 15 is 0 Å². The van der Waals surface area contributed by atoms with Crippen molar-refractivity contribution in [3.63, 3.8) is 0 Å². The van der Waals surface area contributed by atoms with E-state index in [-0.39, 0.29) is 17.2 Å². The summed E-state index contributed by atoms with van der Waals surface area (Å²) in [6.07, 6.45) is -0.825. The van der Waals surface area contributed by atoms with Gasteiger partial charge in [-0.25, -0.2) is 0 Å². The number of aliphatic imine (C=N–C) groups is 1. The van der Waals surface area contributed by atoms with Crippen molar-refractivity contribution in [2.24, 2.45) is 10.7 Å². The average Bonchev–Trinajstić information content (AvgIpc) is 2.98. The molecule has 2 aromatic carbocycles. The lowest BCUT2D eigenvalue weighted by atomic mass is 9.81. The lowest BCUT2D eigenvalue weighted by Gasteiger charge is -2.25. The summed E-state index contributed by atoms with van der Waals surface area (Å²) in [5.74, 6) is -0.694. The summed E-state index contributed by atoms with van der Waals surface area (Å²) in [6.45, 7) is 6.22. The van der Waals surface area contributed by atoms with Crippen LogP contribution in [0, 0.1) is 0 Å². The molecule has 25 heavy (non-hydrogen) atoms. The van der Waals surface area contributed by atoms with Crippen LogP contribution in [0.15, 0.2) is 47.5 Å². The molecule has 0 aromatic heterocycles. The van der Waals surface area contributed by atoms with Crippen molar-refractivity contribution >= 4 is 23.2 Å². The molecule has 2 aromatic rings. The minimum absolute atomic E-state index is 0.187. The van der Waals surface area contributed by atoms with Crippen molar-refractivity contribution in [1.29, 1.82) is 0 Å². The highest BCUT2D eigenvalue weighted by Crippen LogP contribution is 2.41. The molecule has 2 aliphatic rings. The molecule has 4 rings (SSSR count). The van der Waals surface area contributed by atoms with E-state index < -0.39 is 6.17 Å². The van der Waals surface area contributed by atoms with Gasteiger partial charge in [-0.05, 0) is 42.3 Å². The lowest BCUT2D eigenvalue weighted by Crippen LogP contribution is -2.39. The molecule has 5 heteroatoms. The van der Waals surface area contributed by atoms with Crippen LogP contribution >= 0.6 is 0 Å². The fraction of sp³-hybridized carbons (Fsp3) is 0.250. The molecule has 1 unspecified atom stereocenters. The predicted octanol–water partition coefficient (Wildman–Crippen LogP) is 3.32. The van der Waals surface area contributed by atoms with Gasteiger partial charge >= 0.3 is 0 Å². The third-order valence-electron chi connectivity index (χ3n) is 5.33. The van der Waals surface area contributed by atoms with Crippen LogP contribution < -0.4 is 5.73 Å². The smallest absolute Gasteiger partial charge is 0.263 e. The van der Waals surface area contributed by atoms with Gasteiger partial charge in [-0.1, -0.05) is 32.0 Å². The molecule has 0 bridgehead atoms. The standard InChI is InChI=1S/C20H19N3O2/c1-11-20(2,3)15-10-12(8-9-16(15)22-11)17(21)23-18(24)13-6-4-5-7-14(13)19(23)25/h4-10,17H,21H2,1-3H3. The van der Waals surface area contributed by atoms with Gasteiger partial charge in [0, 0.05) is 11.1 Å². The Morgan fingerprint density at radius 2 is 1.64 bits per heavy atom. The lowest BCUT2D eigenvalue weighted by molar-refractivity contribution is 0.0586. The van der Waals surface area contributed by atoms with Crippen LogP contribution in [0.25, 0.3) is 0 Å². The van der Waals surface area contributed by atoms with Crippen molar-refractivity contribution in [3.05, 3.63) is 64.7 Å². The van der Waals surface area contributed by atoms with E-state index in [1.54, 1.807) is 24.3 Å². The molecule has 0 aliphatic carbocycles. The van der Waals surface area contributed by atoms with Crippen LogP contribution in [0.2, 0.25) is 0 Å². The number of nitrogens with zero attached hydrogens (tertiary/aromatic N) is 2. The summed E-state index contributed by atoms with van der Waals surface area (Å²) < 4.78 is 0. The van der Waals surface area contributed by atoms with E-state index in [4.69, 9.17) is 5.73 Å². The second-order valence-corrected chi connectivity index (χ2v) is 7.07. The van der Waals surface area contributed by atoms with Gasteiger partial charge in [0.15, 0.2) is 0 Å². The number of amides is 2. The molecule has 126 valence electrons. The van der Waals surface area contributed by atoms with Gasteiger partial charge in [0.2, 0.25) is 0 Å². The first-order chi connectivity index (χ1) is 11.8. The summed E-state index contributed by atoms with van der Waals surface area (Å²) in [6, 6.07) is 12.5. The molecule has 2 heterocycles. The molecular formula is C20H19N3O2. The van der Waals surface area contributed by atoms with Crippen LogP contribution in [0.3, 0.4) is 0 Å². The van der Waals surface area contributed by atoms with Gasteiger partial charge in [-0.2, -0.15) is 0 Å². The van der Waals surface area contributed by atoms with Crippen LogP contribution in [0.5, 0.6) is 0 Å². The van der Waals surface area contributed by atoms with Gasteiger partial charge in [0.1, 0.15) is 6.17 Å². The first-order valence-corrected chi connectivity index (χ1v) is 8.25. The fourth-order valence-electron chi connectivity index (χ4n) is 3.46. The zero-order valence-corrected chi connectivity index (χ0v) is 14.4. The molecule has 1 atom stereocenters. The number of rotatable bonds is 2. The minimum atomic E-state index is -0.825. The van der Waals surface area contributed by atoms with Crippen molar-refractivity contribution in [2.75, 3.05) is 0 Å². The summed E-state index contributed by atoms with van der Waals surface area (Å²) in [5, 5.41) is 0. The number of hydrogen-bond acceptors (Lipinski definition) is 4. The number of fused-ring (bicyclic) bond motifs is 2. The molecule has 2 amide bonds. The van der Waals surface area contributed by atoms with Gasteiger partial charge in [-0.3, -0.25) is 19.5 Å². The summed E-state index contributed by atoms with van der Waals surface area (Å²) >= 11 is 0. The van der Waals surface area contributed by atoms with Crippen molar-refractivity contribution in [1.82, 2.24) is 4.90 Å². The van der Waals surface area contributed by atoms with Gasteiger partial charge in [-0.15, -0.1) is 0 Å². The zero-order chi connectivity index (χ0) is 17.9. The third-order valence-corrected chi connectivity index (χ3v) is 5.33. The van der Waals surface area contributed by atoms with E-state index in [1.807, 2.05) is 25.1 Å². The predicted molar refractivity (Wildman–Crippen MR) is 96.1 cm³/mol. The van der Waals surface area contributed by atoms with Crippen LogP contribution in [-0.4, -0.2) is 22.4 Å². The SMILES string of the molecule is CC1=Nc2ccc(C(N)N3C(=O)c4ccccc4C3=O)cc2C1(C)C. The van der Waals surface area contributed by atoms with E-state index in [0.29, 0.717) is 11.1 Å². The Balaban J connectivity index is 1.73. The summed E-state index contributed by atoms with van der Waals surface area (Å²) in [4.78, 5) is 31.0. The Hall–Kier alpha value is -2.79. The first kappa shape index (κ1) is 15.7. The van der Waals surface area contributed by atoms with Gasteiger partial charge < -0.3 is 5.73 Å². The average molecular weight is 333 g/mol. The number of carbonyl (C=O) groups is 2. The molecule has 2 N–H and O–H groups in total. The Bertz CT molecular complexity index is 924.